The van der Waals surface area contributed by atoms with Crippen LogP contribution in [0.25, 0.3) is 0 Å². The van der Waals surface area contributed by atoms with Crippen molar-refractivity contribution < 1.29 is 22.7 Å². The van der Waals surface area contributed by atoms with Gasteiger partial charge in [0.05, 0.1) is 29.2 Å². The smallest absolute Gasteiger partial charge is 0.261 e. The quantitative estimate of drug-likeness (QED) is 0.750. The maximum Gasteiger partial charge on any atom is 0.261 e. The monoisotopic (exact) mass is 374 g/mol. The summed E-state index contributed by atoms with van der Waals surface area (Å²) in [7, 11) is -3.77. The van der Waals surface area contributed by atoms with E-state index in [1.165, 1.54) is 0 Å². The van der Waals surface area contributed by atoms with Gasteiger partial charge in [-0.25, -0.2) is 8.42 Å². The number of rotatable bonds is 7. The average Bonchev–Trinajstić information content (AvgIpc) is 2.86. The van der Waals surface area contributed by atoms with Gasteiger partial charge in [-0.15, -0.1) is 0 Å². The van der Waals surface area contributed by atoms with Crippen molar-refractivity contribution in [2.24, 2.45) is 0 Å². The summed E-state index contributed by atoms with van der Waals surface area (Å²) in [5.41, 5.74) is 0.908. The van der Waals surface area contributed by atoms with Crippen LogP contribution in [-0.2, 0) is 10.0 Å². The van der Waals surface area contributed by atoms with Crippen LogP contribution in [0.5, 0.6) is 5.75 Å². The molecule has 26 heavy (non-hydrogen) atoms. The van der Waals surface area contributed by atoms with Gasteiger partial charge in [0, 0.05) is 6.54 Å². The Morgan fingerprint density at radius 3 is 2.15 bits per heavy atom. The maximum atomic E-state index is 12.4. The summed E-state index contributed by atoms with van der Waals surface area (Å²) in [5.74, 6) is -0.941. The molecular weight excluding hydrogens is 356 g/mol. The van der Waals surface area contributed by atoms with E-state index in [9.17, 15) is 18.0 Å². The number of benzene rings is 2. The van der Waals surface area contributed by atoms with Gasteiger partial charge in [0.1, 0.15) is 5.75 Å². The number of imide groups is 1. The van der Waals surface area contributed by atoms with Crippen molar-refractivity contribution in [3.63, 3.8) is 0 Å². The van der Waals surface area contributed by atoms with Crippen molar-refractivity contribution in [3.05, 3.63) is 59.7 Å². The Labute approximate surface area is 151 Å². The fourth-order valence-corrected chi connectivity index (χ4v) is 3.73. The summed E-state index contributed by atoms with van der Waals surface area (Å²) in [4.78, 5) is 25.5. The highest BCUT2D eigenvalue weighted by molar-refractivity contribution is 7.92. The van der Waals surface area contributed by atoms with Crippen molar-refractivity contribution in [3.8, 4) is 5.75 Å². The lowest BCUT2D eigenvalue weighted by atomic mass is 10.1. The normalized spacial score (nSPS) is 13.7. The fraction of sp³-hybridized carbons (Fsp3) is 0.222. The largest absolute Gasteiger partial charge is 0.492 e. The molecule has 0 spiro atoms. The van der Waals surface area contributed by atoms with Crippen LogP contribution in [0.4, 0.5) is 5.69 Å². The van der Waals surface area contributed by atoms with E-state index in [2.05, 4.69) is 4.72 Å². The predicted molar refractivity (Wildman–Crippen MR) is 96.8 cm³/mol. The highest BCUT2D eigenvalue weighted by Gasteiger charge is 2.35. The molecule has 1 heterocycles. The van der Waals surface area contributed by atoms with Crippen molar-refractivity contribution in [1.82, 2.24) is 4.90 Å². The highest BCUT2D eigenvalue weighted by Crippen LogP contribution is 2.25. The van der Waals surface area contributed by atoms with Gasteiger partial charge in [-0.2, -0.15) is 0 Å². The number of sulfonamides is 1. The third-order valence-corrected chi connectivity index (χ3v) is 5.17. The molecule has 0 fully saturated rings. The number of anilines is 1. The zero-order valence-electron chi connectivity index (χ0n) is 14.1. The van der Waals surface area contributed by atoms with Crippen LogP contribution in [0, 0.1) is 0 Å². The molecule has 0 atom stereocenters. The molecule has 1 N–H and O–H groups in total. The Hall–Kier alpha value is -2.87. The number of para-hydroxylation sites is 2. The van der Waals surface area contributed by atoms with Gasteiger partial charge in [-0.05, 0) is 31.2 Å². The van der Waals surface area contributed by atoms with Crippen LogP contribution < -0.4 is 9.46 Å². The van der Waals surface area contributed by atoms with E-state index in [0.717, 1.165) is 4.90 Å². The Kier molecular flexibility index (Phi) is 4.94. The molecule has 2 amide bonds. The van der Waals surface area contributed by atoms with Crippen molar-refractivity contribution in [2.75, 3.05) is 23.6 Å². The number of fused-ring (bicyclic) bond motifs is 1. The van der Waals surface area contributed by atoms with E-state index < -0.39 is 27.6 Å². The van der Waals surface area contributed by atoms with Gasteiger partial charge >= 0.3 is 0 Å². The Morgan fingerprint density at radius 2 is 1.54 bits per heavy atom. The van der Waals surface area contributed by atoms with E-state index in [1.807, 2.05) is 0 Å². The second-order valence-electron chi connectivity index (χ2n) is 5.66. The Balaban J connectivity index is 1.70. The van der Waals surface area contributed by atoms with Gasteiger partial charge in [0.25, 0.3) is 11.8 Å². The molecule has 2 aromatic carbocycles. The SMILES string of the molecule is CCOc1ccccc1NS(=O)(=O)CCN1C(=O)c2ccccc2C1=O. The lowest BCUT2D eigenvalue weighted by molar-refractivity contribution is 0.0664. The molecule has 136 valence electrons. The van der Waals surface area contributed by atoms with E-state index in [0.29, 0.717) is 29.2 Å². The zero-order chi connectivity index (χ0) is 18.7. The molecule has 8 heteroatoms. The van der Waals surface area contributed by atoms with Crippen molar-refractivity contribution in [2.45, 2.75) is 6.92 Å². The molecule has 2 aromatic rings. The number of nitrogens with zero attached hydrogens (tertiary/aromatic N) is 1. The number of nitrogens with one attached hydrogen (secondary N) is 1. The first-order valence-corrected chi connectivity index (χ1v) is 9.75. The second kappa shape index (κ2) is 7.17. The van der Waals surface area contributed by atoms with Crippen LogP contribution in [0.15, 0.2) is 48.5 Å². The summed E-state index contributed by atoms with van der Waals surface area (Å²) in [6.45, 7) is 1.97. The number of hydrogen-bond donors (Lipinski definition) is 1. The standard InChI is InChI=1S/C18H18N2O5S/c1-2-25-16-10-6-5-9-15(16)19-26(23,24)12-11-20-17(21)13-7-3-4-8-14(13)18(20)22/h3-10,19H,2,11-12H2,1H3. The lowest BCUT2D eigenvalue weighted by Gasteiger charge is -2.16. The van der Waals surface area contributed by atoms with E-state index >= 15 is 0 Å². The number of hydrogen-bond acceptors (Lipinski definition) is 5. The third kappa shape index (κ3) is 3.55. The molecule has 0 bridgehead atoms. The molecule has 0 aliphatic carbocycles. The molecule has 7 nitrogen and oxygen atoms in total. The molecule has 1 aliphatic rings. The predicted octanol–water partition coefficient (Wildman–Crippen LogP) is 2.12. The van der Waals surface area contributed by atoms with Gasteiger partial charge in [-0.3, -0.25) is 19.2 Å². The Morgan fingerprint density at radius 1 is 0.962 bits per heavy atom. The number of ether oxygens (including phenoxy) is 1. The summed E-state index contributed by atoms with van der Waals surface area (Å²) < 4.78 is 32.6. The Bertz CT molecular complexity index is 921. The number of carbonyl (C=O) groups is 2. The van der Waals surface area contributed by atoms with Gasteiger partial charge < -0.3 is 4.74 Å². The van der Waals surface area contributed by atoms with Gasteiger partial charge in [0.2, 0.25) is 10.0 Å². The summed E-state index contributed by atoms with van der Waals surface area (Å²) in [6.07, 6.45) is 0. The van der Waals surface area contributed by atoms with E-state index in [1.54, 1.807) is 55.5 Å². The molecule has 1 aliphatic heterocycles. The van der Waals surface area contributed by atoms with E-state index in [-0.39, 0.29) is 6.54 Å². The summed E-state index contributed by atoms with van der Waals surface area (Å²) in [6, 6.07) is 13.1. The minimum atomic E-state index is -3.77. The molecule has 0 aromatic heterocycles. The van der Waals surface area contributed by atoms with Crippen LogP contribution in [0.2, 0.25) is 0 Å². The van der Waals surface area contributed by atoms with Gasteiger partial charge in [-0.1, -0.05) is 24.3 Å². The number of carbonyl (C=O) groups excluding carboxylic acids is 2. The third-order valence-electron chi connectivity index (χ3n) is 3.91. The topological polar surface area (TPSA) is 92.8 Å². The molecule has 0 saturated carbocycles. The maximum absolute atomic E-state index is 12.4. The molecule has 0 radical (unpaired) electrons. The summed E-state index contributed by atoms with van der Waals surface area (Å²) >= 11 is 0. The van der Waals surface area contributed by atoms with Crippen LogP contribution in [-0.4, -0.2) is 44.0 Å². The fourth-order valence-electron chi connectivity index (χ4n) is 2.70. The van der Waals surface area contributed by atoms with Crippen LogP contribution in [0.1, 0.15) is 27.6 Å². The minimum absolute atomic E-state index is 0.224. The first-order chi connectivity index (χ1) is 12.4. The second-order valence-corrected chi connectivity index (χ2v) is 7.50. The average molecular weight is 374 g/mol. The molecule has 3 rings (SSSR count). The van der Waals surface area contributed by atoms with Crippen LogP contribution >= 0.6 is 0 Å². The first-order valence-electron chi connectivity index (χ1n) is 8.10. The summed E-state index contributed by atoms with van der Waals surface area (Å²) in [5, 5.41) is 0. The highest BCUT2D eigenvalue weighted by atomic mass is 32.2. The lowest BCUT2D eigenvalue weighted by Crippen LogP contribution is -2.35. The zero-order valence-corrected chi connectivity index (χ0v) is 15.0. The molecule has 0 unspecified atom stereocenters. The van der Waals surface area contributed by atoms with Crippen molar-refractivity contribution >= 4 is 27.5 Å². The van der Waals surface area contributed by atoms with E-state index in [4.69, 9.17) is 4.74 Å². The molecular formula is C18H18N2O5S. The molecule has 0 saturated heterocycles. The number of amides is 2. The minimum Gasteiger partial charge on any atom is -0.492 e. The van der Waals surface area contributed by atoms with Crippen molar-refractivity contribution in [1.29, 1.82) is 0 Å². The van der Waals surface area contributed by atoms with Gasteiger partial charge in [0.15, 0.2) is 0 Å². The first kappa shape index (κ1) is 17.9. The van der Waals surface area contributed by atoms with Crippen LogP contribution in [0.3, 0.4) is 0 Å².